The van der Waals surface area contributed by atoms with Crippen molar-refractivity contribution < 1.29 is 49.0 Å². The minimum atomic E-state index is -6.31. The van der Waals surface area contributed by atoms with Gasteiger partial charge in [0, 0.05) is 6.92 Å². The van der Waals surface area contributed by atoms with Crippen LogP contribution in [0.5, 0.6) is 0 Å². The monoisotopic (exact) mass is 265 g/mol. The number of alkyl halides is 9. The van der Waals surface area contributed by atoms with Crippen LogP contribution in [0.25, 0.3) is 0 Å². The molecule has 0 amide bonds. The number of hydrogen-bond acceptors (Lipinski definition) is 2. The first kappa shape index (κ1) is 15.3. The topological polar surface area (TPSA) is 18.5 Å². The highest BCUT2D eigenvalue weighted by molar-refractivity contribution is 4.70. The molecule has 0 heterocycles. The van der Waals surface area contributed by atoms with E-state index in [0.717, 1.165) is 0 Å². The Morgan fingerprint density at radius 1 is 0.625 bits per heavy atom. The predicted octanol–water partition coefficient (Wildman–Crippen LogP) is 3.15. The molecule has 2 nitrogen and oxygen atoms in total. The Kier molecular flexibility index (Phi) is 3.77. The van der Waals surface area contributed by atoms with Gasteiger partial charge in [-0.2, -0.15) is 26.3 Å². The molecule has 0 aromatic heterocycles. The molecule has 0 aromatic carbocycles. The Bertz CT molecular complexity index is 213. The molecule has 0 saturated heterocycles. The molecule has 97 valence electrons. The molecule has 0 unspecified atom stereocenters. The van der Waals surface area contributed by atoms with Gasteiger partial charge in [0.2, 0.25) is 0 Å². The Balaban J connectivity index is 4.85. The molecule has 1 radical (unpaired) electrons. The van der Waals surface area contributed by atoms with Gasteiger partial charge in [0.15, 0.2) is 0 Å². The normalized spacial score (nSPS) is 15.4. The quantitative estimate of drug-likeness (QED) is 0.727. The maximum atomic E-state index is 12.1. The van der Waals surface area contributed by atoms with Crippen LogP contribution < -0.4 is 0 Å². The van der Waals surface area contributed by atoms with Gasteiger partial charge in [0.25, 0.3) is 0 Å². The van der Waals surface area contributed by atoms with Gasteiger partial charge >= 0.3 is 24.7 Å². The average Bonchev–Trinajstić information content (AvgIpc) is 1.72. The van der Waals surface area contributed by atoms with E-state index in [-0.39, 0.29) is 0 Å². The van der Waals surface area contributed by atoms with Gasteiger partial charge in [0.05, 0.1) is 0 Å². The Morgan fingerprint density at radius 2 is 0.938 bits per heavy atom. The number of halogens is 9. The number of hydrogen-bond donors (Lipinski definition) is 0. The van der Waals surface area contributed by atoms with Crippen molar-refractivity contribution in [2.75, 3.05) is 0 Å². The molecule has 0 aliphatic rings. The fourth-order valence-electron chi connectivity index (χ4n) is 0.452. The van der Waals surface area contributed by atoms with Crippen LogP contribution in [-0.4, -0.2) is 24.7 Å². The molecule has 0 aromatic rings. The first-order valence-electron chi connectivity index (χ1n) is 3.12. The largest absolute Gasteiger partial charge is 0.527 e. The molecule has 0 aliphatic heterocycles. The van der Waals surface area contributed by atoms with Crippen LogP contribution >= 0.6 is 0 Å². The van der Waals surface area contributed by atoms with E-state index in [1.165, 1.54) is 0 Å². The van der Waals surface area contributed by atoms with E-state index in [1.807, 2.05) is 0 Å². The summed E-state index contributed by atoms with van der Waals surface area (Å²) in [5, 5.41) is 0. The summed E-state index contributed by atoms with van der Waals surface area (Å²) in [7, 11) is 0. The molecular formula is C5H2F9O2. The summed E-state index contributed by atoms with van der Waals surface area (Å²) in [6.07, 6.45) is -23.7. The summed E-state index contributed by atoms with van der Waals surface area (Å²) >= 11 is 0. The van der Waals surface area contributed by atoms with Crippen molar-refractivity contribution >= 4 is 0 Å². The summed E-state index contributed by atoms with van der Waals surface area (Å²) in [6.45, 7) is 1.56. The van der Waals surface area contributed by atoms with Gasteiger partial charge in [0.1, 0.15) is 0 Å². The van der Waals surface area contributed by atoms with Gasteiger partial charge in [-0.3, -0.25) is 0 Å². The summed E-state index contributed by atoms with van der Waals surface area (Å²) in [4.78, 5) is 0. The van der Waals surface area contributed by atoms with Crippen molar-refractivity contribution in [1.29, 1.82) is 0 Å². The fourth-order valence-corrected chi connectivity index (χ4v) is 0.452. The first-order valence-corrected chi connectivity index (χ1v) is 3.12. The van der Waals surface area contributed by atoms with Gasteiger partial charge in [-0.05, 0) is 0 Å². The minimum Gasteiger partial charge on any atom is -0.248 e. The predicted molar refractivity (Wildman–Crippen MR) is 28.4 cm³/mol. The molecule has 0 atom stereocenters. The second-order valence-electron chi connectivity index (χ2n) is 2.32. The van der Waals surface area contributed by atoms with Gasteiger partial charge in [-0.15, -0.1) is 13.2 Å². The summed E-state index contributed by atoms with van der Waals surface area (Å²) in [6, 6.07) is 0. The lowest BCUT2D eigenvalue weighted by atomic mass is 10.5. The lowest BCUT2D eigenvalue weighted by Crippen LogP contribution is -2.50. The third-order valence-corrected chi connectivity index (χ3v) is 0.860. The minimum absolute atomic E-state index is 1.56. The van der Waals surface area contributed by atoms with Crippen molar-refractivity contribution in [3.05, 3.63) is 6.92 Å². The van der Waals surface area contributed by atoms with E-state index in [4.69, 9.17) is 0 Å². The Hall–Kier alpha value is -0.710. The lowest BCUT2D eigenvalue weighted by Gasteiger charge is -2.27. The molecule has 0 saturated carbocycles. The SMILES string of the molecule is [CH2]C(F)(F)OC(F)(F)C(F)(F)OC(F)(F)F. The van der Waals surface area contributed by atoms with Gasteiger partial charge < -0.3 is 0 Å². The zero-order chi connectivity index (χ0) is 13.4. The standard InChI is InChI=1S/C5H2F9O2/c1-2(6,7)15-3(8,9)4(10,11)16-5(12,13)14/h1H2. The molecule has 0 rings (SSSR count). The van der Waals surface area contributed by atoms with Crippen molar-refractivity contribution in [2.24, 2.45) is 0 Å². The lowest BCUT2D eigenvalue weighted by molar-refractivity contribution is -0.524. The van der Waals surface area contributed by atoms with Gasteiger partial charge in [-0.1, -0.05) is 0 Å². The fraction of sp³-hybridized carbons (Fsp3) is 0.800. The third-order valence-electron chi connectivity index (χ3n) is 0.860. The van der Waals surface area contributed by atoms with Crippen molar-refractivity contribution in [2.45, 2.75) is 24.7 Å². The van der Waals surface area contributed by atoms with E-state index < -0.39 is 24.7 Å². The maximum absolute atomic E-state index is 12.1. The van der Waals surface area contributed by atoms with Crippen LogP contribution in [0, 0.1) is 6.92 Å². The average molecular weight is 265 g/mol. The molecule has 11 heteroatoms. The Morgan fingerprint density at radius 3 is 1.19 bits per heavy atom. The molecule has 0 aliphatic carbocycles. The zero-order valence-corrected chi connectivity index (χ0v) is 6.93. The van der Waals surface area contributed by atoms with Crippen LogP contribution in [0.15, 0.2) is 0 Å². The van der Waals surface area contributed by atoms with Crippen LogP contribution in [0.1, 0.15) is 0 Å². The van der Waals surface area contributed by atoms with E-state index in [0.29, 0.717) is 0 Å². The van der Waals surface area contributed by atoms with Crippen molar-refractivity contribution in [3.63, 3.8) is 0 Å². The summed E-state index contributed by atoms with van der Waals surface area (Å²) in [5.41, 5.74) is 0. The van der Waals surface area contributed by atoms with Crippen LogP contribution in [0.3, 0.4) is 0 Å². The maximum Gasteiger partial charge on any atom is 0.527 e. The van der Waals surface area contributed by atoms with Crippen LogP contribution in [0.2, 0.25) is 0 Å². The van der Waals surface area contributed by atoms with E-state index in [2.05, 4.69) is 4.74 Å². The first-order chi connectivity index (χ1) is 6.66. The second kappa shape index (κ2) is 3.95. The summed E-state index contributed by atoms with van der Waals surface area (Å²) in [5.74, 6) is 0. The van der Waals surface area contributed by atoms with E-state index in [9.17, 15) is 39.5 Å². The van der Waals surface area contributed by atoms with E-state index in [1.54, 1.807) is 11.7 Å². The number of ether oxygens (including phenoxy) is 2. The smallest absolute Gasteiger partial charge is 0.248 e. The van der Waals surface area contributed by atoms with Gasteiger partial charge in [-0.25, -0.2) is 9.47 Å². The molecule has 0 N–H and O–H groups in total. The molecule has 0 spiro atoms. The molecule has 0 bridgehead atoms. The molecule has 16 heavy (non-hydrogen) atoms. The van der Waals surface area contributed by atoms with E-state index >= 15 is 0 Å². The molecular weight excluding hydrogens is 263 g/mol. The highest BCUT2D eigenvalue weighted by atomic mass is 19.4. The van der Waals surface area contributed by atoms with Crippen molar-refractivity contribution in [3.8, 4) is 0 Å². The molecule has 0 fully saturated rings. The third kappa shape index (κ3) is 4.88. The second-order valence-corrected chi connectivity index (χ2v) is 2.32. The highest BCUT2D eigenvalue weighted by Crippen LogP contribution is 2.43. The Labute approximate surface area is 81.9 Å². The van der Waals surface area contributed by atoms with Crippen LogP contribution in [-0.2, 0) is 9.47 Å². The number of rotatable bonds is 4. The summed E-state index contributed by atoms with van der Waals surface area (Å²) < 4.78 is 109. The van der Waals surface area contributed by atoms with Crippen molar-refractivity contribution in [1.82, 2.24) is 0 Å². The highest BCUT2D eigenvalue weighted by Gasteiger charge is 2.67. The van der Waals surface area contributed by atoms with Crippen LogP contribution in [0.4, 0.5) is 39.5 Å². The zero-order valence-electron chi connectivity index (χ0n) is 6.93.